The van der Waals surface area contributed by atoms with Gasteiger partial charge in [-0.1, -0.05) is 26.5 Å². The molecule has 1 N–H and O–H groups in total. The molecule has 0 saturated heterocycles. The van der Waals surface area contributed by atoms with Gasteiger partial charge in [0.25, 0.3) is 5.91 Å². The number of carbonyl (C=O) groups excluding carboxylic acids is 2. The van der Waals surface area contributed by atoms with Crippen molar-refractivity contribution in [3.63, 3.8) is 0 Å². The number of nitrogens with zero attached hydrogens (tertiary/aromatic N) is 3. The van der Waals surface area contributed by atoms with Gasteiger partial charge in [-0.15, -0.1) is 0 Å². The van der Waals surface area contributed by atoms with E-state index >= 15 is 0 Å². The molecular weight excluding hydrogens is 416 g/mol. The van der Waals surface area contributed by atoms with Gasteiger partial charge in [0.1, 0.15) is 11.4 Å². The van der Waals surface area contributed by atoms with Gasteiger partial charge in [0.15, 0.2) is 17.4 Å². The Morgan fingerprint density at radius 3 is 2.56 bits per heavy atom. The number of rotatable bonds is 9. The molecule has 2 rings (SSSR count). The van der Waals surface area contributed by atoms with Crippen LogP contribution in [0.5, 0.6) is 5.75 Å². The first-order chi connectivity index (χ1) is 15.1. The van der Waals surface area contributed by atoms with E-state index in [1.165, 1.54) is 29.4 Å². The Kier molecular flexibility index (Phi) is 8.12. The highest BCUT2D eigenvalue weighted by atomic mass is 19.2. The maximum Gasteiger partial charge on any atom is 0.255 e. The van der Waals surface area contributed by atoms with E-state index in [1.807, 2.05) is 0 Å². The minimum Gasteiger partial charge on any atom is -0.506 e. The standard InChI is InChI=1S/C24H25F2N3O3/c1-6-7-19(25)20(26)11-21-22(30)10-16(12-28-21)15(4)29-13-18(23(31)14(2)3)17(24(29)32)8-9-27-5/h6-12,14-15,30H,1,5,13H2,2-4H3/b9-8-,19-7+,20-11+. The van der Waals surface area contributed by atoms with Crippen LogP contribution in [0.25, 0.3) is 6.08 Å². The Bertz CT molecular complexity index is 1070. The fourth-order valence-electron chi connectivity index (χ4n) is 3.15. The lowest BCUT2D eigenvalue weighted by atomic mass is 9.98. The van der Waals surface area contributed by atoms with Gasteiger partial charge < -0.3 is 10.0 Å². The van der Waals surface area contributed by atoms with Gasteiger partial charge in [0.05, 0.1) is 12.6 Å². The van der Waals surface area contributed by atoms with Gasteiger partial charge in [-0.3, -0.25) is 19.6 Å². The fourth-order valence-corrected chi connectivity index (χ4v) is 3.15. The summed E-state index contributed by atoms with van der Waals surface area (Å²) in [6.45, 7) is 11.9. The van der Waals surface area contributed by atoms with Crippen molar-refractivity contribution in [3.05, 3.63) is 77.3 Å². The Morgan fingerprint density at radius 1 is 1.31 bits per heavy atom. The molecule has 1 amide bonds. The third-order valence-electron chi connectivity index (χ3n) is 4.94. The van der Waals surface area contributed by atoms with Crippen molar-refractivity contribution in [2.45, 2.75) is 26.8 Å². The van der Waals surface area contributed by atoms with Gasteiger partial charge in [-0.05, 0) is 37.4 Å². The summed E-state index contributed by atoms with van der Waals surface area (Å²) in [4.78, 5) is 34.7. The van der Waals surface area contributed by atoms with Crippen molar-refractivity contribution in [1.29, 1.82) is 0 Å². The van der Waals surface area contributed by atoms with Crippen molar-refractivity contribution in [1.82, 2.24) is 9.88 Å². The lowest BCUT2D eigenvalue weighted by Gasteiger charge is -2.25. The summed E-state index contributed by atoms with van der Waals surface area (Å²) < 4.78 is 27.3. The van der Waals surface area contributed by atoms with Crippen LogP contribution in [0, 0.1) is 5.92 Å². The van der Waals surface area contributed by atoms with Gasteiger partial charge in [0, 0.05) is 35.5 Å². The predicted octanol–water partition coefficient (Wildman–Crippen LogP) is 4.78. The number of aromatic nitrogens is 1. The number of ketones is 1. The summed E-state index contributed by atoms with van der Waals surface area (Å²) in [6.07, 6.45) is 6.85. The molecule has 1 aromatic rings. The van der Waals surface area contributed by atoms with Crippen LogP contribution in [0.1, 0.15) is 38.1 Å². The number of aromatic hydroxyl groups is 1. The molecule has 0 fully saturated rings. The van der Waals surface area contributed by atoms with Crippen molar-refractivity contribution < 1.29 is 23.5 Å². The third kappa shape index (κ3) is 5.32. The molecule has 0 aliphatic carbocycles. The van der Waals surface area contributed by atoms with Crippen LogP contribution < -0.4 is 0 Å². The maximum absolute atomic E-state index is 13.8. The molecule has 2 heterocycles. The van der Waals surface area contributed by atoms with E-state index < -0.39 is 17.7 Å². The average Bonchev–Trinajstić information content (AvgIpc) is 3.08. The van der Waals surface area contributed by atoms with Gasteiger partial charge in [-0.2, -0.15) is 0 Å². The number of aliphatic imine (C=N–C) groups is 1. The van der Waals surface area contributed by atoms with E-state index in [1.54, 1.807) is 20.8 Å². The topological polar surface area (TPSA) is 82.9 Å². The van der Waals surface area contributed by atoms with E-state index in [-0.39, 0.29) is 41.2 Å². The smallest absolute Gasteiger partial charge is 0.255 e. The van der Waals surface area contributed by atoms with E-state index in [0.717, 1.165) is 18.2 Å². The summed E-state index contributed by atoms with van der Waals surface area (Å²) in [5, 5.41) is 10.3. The van der Waals surface area contributed by atoms with Crippen LogP contribution in [-0.2, 0) is 9.59 Å². The zero-order valence-electron chi connectivity index (χ0n) is 18.2. The summed E-state index contributed by atoms with van der Waals surface area (Å²) in [5.74, 6) is -3.56. The molecule has 0 bridgehead atoms. The van der Waals surface area contributed by atoms with Gasteiger partial charge in [0.2, 0.25) is 0 Å². The summed E-state index contributed by atoms with van der Waals surface area (Å²) in [5.41, 5.74) is 0.901. The molecule has 8 heteroatoms. The van der Waals surface area contributed by atoms with Crippen LogP contribution in [0.3, 0.4) is 0 Å². The summed E-state index contributed by atoms with van der Waals surface area (Å²) >= 11 is 0. The molecule has 168 valence electrons. The quantitative estimate of drug-likeness (QED) is 0.442. The molecule has 1 aromatic heterocycles. The highest BCUT2D eigenvalue weighted by Crippen LogP contribution is 2.33. The molecule has 1 atom stereocenters. The normalized spacial score (nSPS) is 16.3. The number of halogens is 2. The Hall–Kier alpha value is -3.68. The van der Waals surface area contributed by atoms with E-state index in [4.69, 9.17) is 0 Å². The molecule has 32 heavy (non-hydrogen) atoms. The van der Waals surface area contributed by atoms with Crippen LogP contribution in [0.15, 0.2) is 71.1 Å². The Labute approximate surface area is 185 Å². The average molecular weight is 441 g/mol. The molecule has 0 radical (unpaired) electrons. The number of allylic oxidation sites excluding steroid dienone is 4. The van der Waals surface area contributed by atoms with Gasteiger partial charge >= 0.3 is 0 Å². The van der Waals surface area contributed by atoms with E-state index in [0.29, 0.717) is 11.1 Å². The minimum atomic E-state index is -1.21. The number of carbonyl (C=O) groups is 2. The highest BCUT2D eigenvalue weighted by Gasteiger charge is 2.36. The lowest BCUT2D eigenvalue weighted by molar-refractivity contribution is -0.127. The van der Waals surface area contributed by atoms with Crippen LogP contribution in [-0.4, -0.2) is 39.9 Å². The second kappa shape index (κ2) is 10.6. The molecule has 0 aromatic carbocycles. The molecule has 1 unspecified atom stereocenters. The van der Waals surface area contributed by atoms with Crippen molar-refractivity contribution in [2.75, 3.05) is 6.54 Å². The molecular formula is C24H25F2N3O3. The lowest BCUT2D eigenvalue weighted by Crippen LogP contribution is -2.31. The van der Waals surface area contributed by atoms with Crippen LogP contribution >= 0.6 is 0 Å². The second-order valence-corrected chi connectivity index (χ2v) is 7.43. The summed E-state index contributed by atoms with van der Waals surface area (Å²) in [6, 6.07) is 0.765. The third-order valence-corrected chi connectivity index (χ3v) is 4.94. The molecule has 6 nitrogen and oxygen atoms in total. The Morgan fingerprint density at radius 2 is 2.00 bits per heavy atom. The molecule has 1 aliphatic heterocycles. The van der Waals surface area contributed by atoms with E-state index in [9.17, 15) is 23.5 Å². The Balaban J connectivity index is 2.35. The van der Waals surface area contributed by atoms with Crippen molar-refractivity contribution in [3.8, 4) is 5.75 Å². The monoisotopic (exact) mass is 441 g/mol. The maximum atomic E-state index is 13.8. The van der Waals surface area contributed by atoms with E-state index in [2.05, 4.69) is 23.3 Å². The first-order valence-corrected chi connectivity index (χ1v) is 9.87. The number of hydrogen-bond acceptors (Lipinski definition) is 5. The molecule has 1 aliphatic rings. The molecule has 0 saturated carbocycles. The van der Waals surface area contributed by atoms with Crippen LogP contribution in [0.2, 0.25) is 0 Å². The first-order valence-electron chi connectivity index (χ1n) is 9.87. The number of pyridine rings is 1. The van der Waals surface area contributed by atoms with Gasteiger partial charge in [-0.25, -0.2) is 8.78 Å². The number of Topliss-reactive ketones (excluding diaryl/α,β-unsaturated/α-hetero) is 1. The SMILES string of the molecule is C=C/C=C(F)\C(F)=C/c1ncc(C(C)N2CC(C(=O)C(C)C)=C(/C=C\N=C)C2=O)cc1O. The highest BCUT2D eigenvalue weighted by molar-refractivity contribution is 6.11. The minimum absolute atomic E-state index is 0.0857. The van der Waals surface area contributed by atoms with Crippen molar-refractivity contribution >= 4 is 24.5 Å². The zero-order chi connectivity index (χ0) is 24.0. The van der Waals surface area contributed by atoms with Crippen LogP contribution in [0.4, 0.5) is 8.78 Å². The summed E-state index contributed by atoms with van der Waals surface area (Å²) in [7, 11) is 0. The zero-order valence-corrected chi connectivity index (χ0v) is 18.2. The largest absolute Gasteiger partial charge is 0.506 e. The molecule has 0 spiro atoms. The van der Waals surface area contributed by atoms with Crippen molar-refractivity contribution in [2.24, 2.45) is 10.9 Å². The fraction of sp³-hybridized carbons (Fsp3) is 0.250. The number of amides is 1. The predicted molar refractivity (Wildman–Crippen MR) is 120 cm³/mol. The first kappa shape index (κ1) is 24.6. The second-order valence-electron chi connectivity index (χ2n) is 7.43. The number of hydrogen-bond donors (Lipinski definition) is 1.